The van der Waals surface area contributed by atoms with Gasteiger partial charge in [0.15, 0.2) is 0 Å². The number of benzene rings is 1. The number of nitrogens with zero attached hydrogens (tertiary/aromatic N) is 2. The molecule has 0 spiro atoms. The summed E-state index contributed by atoms with van der Waals surface area (Å²) in [5, 5.41) is 18.5. The zero-order valence-corrected chi connectivity index (χ0v) is 6.70. The lowest BCUT2D eigenvalue weighted by Gasteiger charge is -1.95. The molecule has 1 N–H and O–H groups in total. The molecule has 0 aliphatic carbocycles. The number of nitrogens with one attached hydrogen (secondary N) is 1. The number of nitriles is 2. The van der Waals surface area contributed by atoms with Crippen LogP contribution in [-0.4, -0.2) is 4.98 Å². The van der Waals surface area contributed by atoms with Gasteiger partial charge in [-0.05, 0) is 12.1 Å². The van der Waals surface area contributed by atoms with Crippen molar-refractivity contribution in [2.24, 2.45) is 0 Å². The van der Waals surface area contributed by atoms with Gasteiger partial charge in [-0.2, -0.15) is 10.5 Å². The van der Waals surface area contributed by atoms with Crippen LogP contribution >= 0.6 is 0 Å². The molecule has 3 heteroatoms. The van der Waals surface area contributed by atoms with E-state index < -0.39 is 0 Å². The molecule has 1 heterocycles. The Morgan fingerprint density at radius 3 is 2.62 bits per heavy atom. The van der Waals surface area contributed by atoms with Crippen LogP contribution in [0.1, 0.15) is 11.1 Å². The third kappa shape index (κ3) is 0.953. The molecule has 2 rings (SSSR count). The van der Waals surface area contributed by atoms with Crippen LogP contribution in [0.25, 0.3) is 10.9 Å². The molecule has 1 aromatic carbocycles. The highest BCUT2D eigenvalue weighted by atomic mass is 14.7. The Balaban J connectivity index is 2.94. The number of fused-ring (bicyclic) bond motifs is 1. The summed E-state index contributed by atoms with van der Waals surface area (Å²) in [7, 11) is 0. The van der Waals surface area contributed by atoms with E-state index in [1.54, 1.807) is 12.3 Å². The molecule has 0 aliphatic rings. The molecule has 0 amide bonds. The minimum absolute atomic E-state index is 0.414. The van der Waals surface area contributed by atoms with Crippen molar-refractivity contribution < 1.29 is 0 Å². The predicted octanol–water partition coefficient (Wildman–Crippen LogP) is 1.91. The normalized spacial score (nSPS) is 9.38. The molecule has 0 aliphatic heterocycles. The summed E-state index contributed by atoms with van der Waals surface area (Å²) < 4.78 is 0. The van der Waals surface area contributed by atoms with Crippen molar-refractivity contribution in [3.8, 4) is 12.1 Å². The van der Waals surface area contributed by atoms with Crippen molar-refractivity contribution in [2.75, 3.05) is 0 Å². The first-order valence-electron chi connectivity index (χ1n) is 3.77. The summed E-state index contributed by atoms with van der Waals surface area (Å²) in [4.78, 5) is 2.94. The molecule has 0 bridgehead atoms. The number of rotatable bonds is 0. The van der Waals surface area contributed by atoms with E-state index in [1.165, 1.54) is 0 Å². The van der Waals surface area contributed by atoms with E-state index >= 15 is 0 Å². The molecule has 0 radical (unpaired) electrons. The lowest BCUT2D eigenvalue weighted by atomic mass is 10.1. The monoisotopic (exact) mass is 167 g/mol. The van der Waals surface area contributed by atoms with Crippen LogP contribution < -0.4 is 0 Å². The van der Waals surface area contributed by atoms with Crippen molar-refractivity contribution in [3.05, 3.63) is 35.5 Å². The summed E-state index contributed by atoms with van der Waals surface area (Å²) in [5.74, 6) is 0. The van der Waals surface area contributed by atoms with Crippen LogP contribution in [0.5, 0.6) is 0 Å². The number of aromatic amines is 1. The van der Waals surface area contributed by atoms with Crippen LogP contribution in [0.15, 0.2) is 24.4 Å². The summed E-state index contributed by atoms with van der Waals surface area (Å²) in [6.07, 6.45) is 1.76. The predicted molar refractivity (Wildman–Crippen MR) is 47.7 cm³/mol. The fourth-order valence-corrected chi connectivity index (χ4v) is 1.34. The van der Waals surface area contributed by atoms with Crippen molar-refractivity contribution in [1.29, 1.82) is 10.5 Å². The Labute approximate surface area is 74.8 Å². The van der Waals surface area contributed by atoms with Crippen molar-refractivity contribution in [2.45, 2.75) is 0 Å². The van der Waals surface area contributed by atoms with E-state index in [4.69, 9.17) is 10.5 Å². The fraction of sp³-hybridized carbons (Fsp3) is 0. The maximum Gasteiger partial charge on any atom is 0.103 e. The molecule has 60 valence electrons. The second kappa shape index (κ2) is 2.66. The minimum Gasteiger partial charge on any atom is -0.360 e. The average molecular weight is 167 g/mol. The minimum atomic E-state index is 0.414. The highest BCUT2D eigenvalue weighted by Gasteiger charge is 2.06. The van der Waals surface area contributed by atoms with Gasteiger partial charge in [-0.3, -0.25) is 0 Å². The maximum atomic E-state index is 8.84. The highest BCUT2D eigenvalue weighted by molar-refractivity contribution is 5.86. The van der Waals surface area contributed by atoms with E-state index in [-0.39, 0.29) is 0 Å². The van der Waals surface area contributed by atoms with Gasteiger partial charge in [-0.15, -0.1) is 0 Å². The molecule has 3 nitrogen and oxygen atoms in total. The topological polar surface area (TPSA) is 63.4 Å². The smallest absolute Gasteiger partial charge is 0.103 e. The first-order chi connectivity index (χ1) is 6.36. The summed E-state index contributed by atoms with van der Waals surface area (Å²) in [6.45, 7) is 0. The van der Waals surface area contributed by atoms with Gasteiger partial charge in [0.2, 0.25) is 0 Å². The van der Waals surface area contributed by atoms with Gasteiger partial charge in [-0.1, -0.05) is 6.07 Å². The lowest BCUT2D eigenvalue weighted by molar-refractivity contribution is 1.41. The third-order valence-corrected chi connectivity index (χ3v) is 1.96. The molecule has 0 atom stereocenters. The second-order valence-corrected chi connectivity index (χ2v) is 2.65. The molecule has 2 aromatic rings. The number of hydrogen-bond acceptors (Lipinski definition) is 2. The molecular formula is C10H5N3. The Morgan fingerprint density at radius 2 is 1.92 bits per heavy atom. The highest BCUT2D eigenvalue weighted by Crippen LogP contribution is 2.19. The van der Waals surface area contributed by atoms with Crippen molar-refractivity contribution in [1.82, 2.24) is 4.98 Å². The van der Waals surface area contributed by atoms with E-state index in [0.717, 1.165) is 10.9 Å². The first kappa shape index (κ1) is 7.39. The summed E-state index contributed by atoms with van der Waals surface area (Å²) in [5.41, 5.74) is 1.57. The number of aromatic nitrogens is 1. The second-order valence-electron chi connectivity index (χ2n) is 2.65. The van der Waals surface area contributed by atoms with Gasteiger partial charge in [0.25, 0.3) is 0 Å². The zero-order valence-electron chi connectivity index (χ0n) is 6.70. The SMILES string of the molecule is N#Cc1ccc2cc[nH]c2c1C#N. The quantitative estimate of drug-likeness (QED) is 0.651. The standard InChI is InChI=1S/C10H5N3/c11-5-8-2-1-7-3-4-13-10(7)9(8)6-12/h1-4,13H. The van der Waals surface area contributed by atoms with E-state index in [1.807, 2.05) is 24.3 Å². The van der Waals surface area contributed by atoms with Crippen LogP contribution in [0.2, 0.25) is 0 Å². The van der Waals surface area contributed by atoms with E-state index in [2.05, 4.69) is 4.98 Å². The number of hydrogen-bond donors (Lipinski definition) is 1. The van der Waals surface area contributed by atoms with Crippen LogP contribution in [0.3, 0.4) is 0 Å². The Hall–Kier alpha value is -2.26. The van der Waals surface area contributed by atoms with Crippen LogP contribution in [0, 0.1) is 22.7 Å². The molecule has 1 aromatic heterocycles. The summed E-state index contributed by atoms with van der Waals surface area (Å²) >= 11 is 0. The first-order valence-corrected chi connectivity index (χ1v) is 3.77. The molecule has 0 fully saturated rings. The summed E-state index contributed by atoms with van der Waals surface area (Å²) in [6, 6.07) is 9.37. The maximum absolute atomic E-state index is 8.84. The molecule has 0 unspecified atom stereocenters. The van der Waals surface area contributed by atoms with E-state index in [9.17, 15) is 0 Å². The Morgan fingerprint density at radius 1 is 1.08 bits per heavy atom. The van der Waals surface area contributed by atoms with Gasteiger partial charge < -0.3 is 4.98 Å². The van der Waals surface area contributed by atoms with E-state index in [0.29, 0.717) is 11.1 Å². The van der Waals surface area contributed by atoms with Gasteiger partial charge >= 0.3 is 0 Å². The van der Waals surface area contributed by atoms with Gasteiger partial charge in [0.1, 0.15) is 12.1 Å². The Bertz CT molecular complexity index is 537. The van der Waals surface area contributed by atoms with Crippen molar-refractivity contribution in [3.63, 3.8) is 0 Å². The molecule has 13 heavy (non-hydrogen) atoms. The number of H-pyrrole nitrogens is 1. The van der Waals surface area contributed by atoms with Crippen LogP contribution in [-0.2, 0) is 0 Å². The van der Waals surface area contributed by atoms with Gasteiger partial charge in [0, 0.05) is 11.6 Å². The van der Waals surface area contributed by atoms with Crippen LogP contribution in [0.4, 0.5) is 0 Å². The lowest BCUT2D eigenvalue weighted by Crippen LogP contribution is -1.84. The third-order valence-electron chi connectivity index (χ3n) is 1.96. The molecule has 0 saturated carbocycles. The van der Waals surface area contributed by atoms with Crippen molar-refractivity contribution >= 4 is 10.9 Å². The zero-order chi connectivity index (χ0) is 9.26. The average Bonchev–Trinajstić information content (AvgIpc) is 2.63. The molecule has 0 saturated heterocycles. The largest absolute Gasteiger partial charge is 0.360 e. The Kier molecular flexibility index (Phi) is 1.51. The fourth-order valence-electron chi connectivity index (χ4n) is 1.34. The van der Waals surface area contributed by atoms with Gasteiger partial charge in [-0.25, -0.2) is 0 Å². The van der Waals surface area contributed by atoms with Gasteiger partial charge in [0.05, 0.1) is 16.6 Å². The molecular weight excluding hydrogens is 162 g/mol.